The third-order valence-corrected chi connectivity index (χ3v) is 5.89. The fourth-order valence-electron chi connectivity index (χ4n) is 3.77. The number of quaternary nitrogens is 1. The first-order valence-corrected chi connectivity index (χ1v) is 13.8. The van der Waals surface area contributed by atoms with Crippen molar-refractivity contribution >= 4 is 7.82 Å². The van der Waals surface area contributed by atoms with Crippen LogP contribution in [0, 0.1) is 0 Å². The molecule has 6 heteroatoms. The van der Waals surface area contributed by atoms with Gasteiger partial charge in [-0.25, -0.2) is 0 Å². The smallest absolute Gasteiger partial charge is 0.265 e. The number of hydrogen-bond donors (Lipinski definition) is 1. The summed E-state index contributed by atoms with van der Waals surface area (Å²) in [6, 6.07) is 0. The molecule has 0 spiro atoms. The molecule has 0 aliphatic carbocycles. The van der Waals surface area contributed by atoms with Crippen molar-refractivity contribution in [3.05, 3.63) is 12.2 Å². The minimum atomic E-state index is -4.67. The number of phosphoric ester groups is 1. The molecule has 0 heterocycles. The van der Waals surface area contributed by atoms with Crippen LogP contribution in [-0.2, 0) is 9.09 Å². The van der Waals surface area contributed by atoms with E-state index in [4.69, 9.17) is 9.42 Å². The lowest BCUT2D eigenvalue weighted by Crippen LogP contribution is -2.42. The minimum Gasteiger partial charge on any atom is -0.756 e. The van der Waals surface area contributed by atoms with Gasteiger partial charge in [-0.15, -0.1) is 0 Å². The molecule has 0 aliphatic heterocycles. The van der Waals surface area contributed by atoms with Gasteiger partial charge < -0.3 is 18.8 Å². The fraction of sp³-hybridized carbons (Fsp3) is 0.917. The first-order chi connectivity index (χ1) is 14.1. The summed E-state index contributed by atoms with van der Waals surface area (Å²) in [7, 11) is 1.31. The first-order valence-electron chi connectivity index (χ1n) is 12.3. The summed E-state index contributed by atoms with van der Waals surface area (Å²) in [5.41, 5.74) is 0. The lowest BCUT2D eigenvalue weighted by Gasteiger charge is -2.31. The molecule has 2 atom stereocenters. The van der Waals surface area contributed by atoms with E-state index in [9.17, 15) is 9.46 Å². The molecule has 0 amide bonds. The highest BCUT2D eigenvalue weighted by molar-refractivity contribution is 7.44. The zero-order valence-corrected chi connectivity index (χ0v) is 21.2. The number of phosphoric acid groups is 1. The molecule has 5 nitrogen and oxygen atoms in total. The largest absolute Gasteiger partial charge is 0.756 e. The second kappa shape index (κ2) is 18.4. The Morgan fingerprint density at radius 1 is 0.833 bits per heavy atom. The summed E-state index contributed by atoms with van der Waals surface area (Å²) in [5.74, 6) is 0. The molecule has 0 aliphatic rings. The average Bonchev–Trinajstić information content (AvgIpc) is 2.61. The number of hydrogen-bond acceptors (Lipinski definition) is 3. The van der Waals surface area contributed by atoms with Crippen molar-refractivity contribution < 1.29 is 23.4 Å². The maximum atomic E-state index is 11.1. The third kappa shape index (κ3) is 24.1. The fourth-order valence-corrected chi connectivity index (χ4v) is 4.32. The van der Waals surface area contributed by atoms with Crippen LogP contribution in [0.25, 0.3) is 0 Å². The summed E-state index contributed by atoms with van der Waals surface area (Å²) in [6.45, 7) is 2.83. The standard InChI is InChI=1S/C24H50NO4P/c1-5-6-7-8-9-10-11-12-13-14-15-16-17-18-19-20-21-22-24(23-25(2,3)4)29-30(26,27)28/h12-13,24H,5-11,14-23H2,1-4H3,(H-,26,27,28)/b13-12-. The Hall–Kier alpha value is -0.190. The summed E-state index contributed by atoms with van der Waals surface area (Å²) in [5, 5.41) is 0. The van der Waals surface area contributed by atoms with E-state index in [0.717, 1.165) is 12.8 Å². The number of likely N-dealkylation sites (N-methyl/N-ethyl adjacent to an activating group) is 1. The molecule has 0 aromatic carbocycles. The van der Waals surface area contributed by atoms with Gasteiger partial charge in [0, 0.05) is 0 Å². The predicted molar refractivity (Wildman–Crippen MR) is 126 cm³/mol. The lowest BCUT2D eigenvalue weighted by atomic mass is 10.0. The number of unbranched alkanes of at least 4 members (excludes halogenated alkanes) is 13. The minimum absolute atomic E-state index is 0.443. The van der Waals surface area contributed by atoms with Crippen molar-refractivity contribution in [2.75, 3.05) is 27.7 Å². The molecule has 180 valence electrons. The summed E-state index contributed by atoms with van der Waals surface area (Å²) >= 11 is 0. The van der Waals surface area contributed by atoms with Crippen LogP contribution in [0.5, 0.6) is 0 Å². The highest BCUT2D eigenvalue weighted by Gasteiger charge is 2.22. The zero-order valence-electron chi connectivity index (χ0n) is 20.3. The molecule has 30 heavy (non-hydrogen) atoms. The van der Waals surface area contributed by atoms with Gasteiger partial charge in [-0.05, 0) is 32.1 Å². The maximum absolute atomic E-state index is 11.1. The van der Waals surface area contributed by atoms with Gasteiger partial charge in [-0.2, -0.15) is 0 Å². The Labute approximate surface area is 187 Å². The van der Waals surface area contributed by atoms with E-state index in [0.29, 0.717) is 17.4 Å². The van der Waals surface area contributed by atoms with E-state index >= 15 is 0 Å². The van der Waals surface area contributed by atoms with E-state index in [1.54, 1.807) is 0 Å². The van der Waals surface area contributed by atoms with E-state index in [1.165, 1.54) is 83.5 Å². The molecular weight excluding hydrogens is 397 g/mol. The molecule has 0 fully saturated rings. The van der Waals surface area contributed by atoms with Crippen LogP contribution >= 0.6 is 7.82 Å². The van der Waals surface area contributed by atoms with Gasteiger partial charge in [-0.1, -0.05) is 89.7 Å². The Morgan fingerprint density at radius 3 is 1.70 bits per heavy atom. The SMILES string of the molecule is CCCCCCCC/C=C\CCCCCCCCCC(C[N+](C)(C)C)OP(=O)([O-])O. The third-order valence-electron chi connectivity index (χ3n) is 5.32. The van der Waals surface area contributed by atoms with Crippen LogP contribution in [0.3, 0.4) is 0 Å². The van der Waals surface area contributed by atoms with Crippen LogP contribution in [0.1, 0.15) is 110 Å². The molecule has 0 saturated carbocycles. The Balaban J connectivity index is 3.57. The molecule has 0 aromatic rings. The van der Waals surface area contributed by atoms with Crippen molar-refractivity contribution in [1.82, 2.24) is 0 Å². The Bertz CT molecular complexity index is 457. The van der Waals surface area contributed by atoms with E-state index in [-0.39, 0.29) is 0 Å². The summed E-state index contributed by atoms with van der Waals surface area (Å²) in [4.78, 5) is 20.1. The molecule has 2 unspecified atom stereocenters. The molecule has 0 bridgehead atoms. The summed E-state index contributed by atoms with van der Waals surface area (Å²) in [6.07, 6.45) is 23.9. The van der Waals surface area contributed by atoms with Gasteiger partial charge in [0.2, 0.25) is 0 Å². The van der Waals surface area contributed by atoms with Crippen LogP contribution in [-0.4, -0.2) is 43.2 Å². The van der Waals surface area contributed by atoms with E-state index in [1.807, 2.05) is 21.1 Å². The highest BCUT2D eigenvalue weighted by Crippen LogP contribution is 2.34. The molecule has 0 aromatic heterocycles. The highest BCUT2D eigenvalue weighted by atomic mass is 31.2. The molecule has 0 rings (SSSR count). The molecule has 0 radical (unpaired) electrons. The van der Waals surface area contributed by atoms with Gasteiger partial charge >= 0.3 is 0 Å². The average molecular weight is 448 g/mol. The number of rotatable bonds is 21. The van der Waals surface area contributed by atoms with Gasteiger partial charge in [0.15, 0.2) is 0 Å². The quantitative estimate of drug-likeness (QED) is 0.0962. The predicted octanol–water partition coefficient (Wildman–Crippen LogP) is 6.36. The van der Waals surface area contributed by atoms with Crippen molar-refractivity contribution in [3.63, 3.8) is 0 Å². The lowest BCUT2D eigenvalue weighted by molar-refractivity contribution is -0.873. The normalized spacial score (nSPS) is 15.5. The monoisotopic (exact) mass is 447 g/mol. The zero-order chi connectivity index (χ0) is 22.7. The van der Waals surface area contributed by atoms with Gasteiger partial charge in [0.05, 0.1) is 21.1 Å². The van der Waals surface area contributed by atoms with Crippen molar-refractivity contribution in [2.45, 2.75) is 116 Å². The van der Waals surface area contributed by atoms with Crippen LogP contribution in [0.15, 0.2) is 12.2 Å². The second-order valence-electron chi connectivity index (χ2n) is 9.75. The van der Waals surface area contributed by atoms with E-state index < -0.39 is 13.9 Å². The van der Waals surface area contributed by atoms with Gasteiger partial charge in [0.25, 0.3) is 7.82 Å². The van der Waals surface area contributed by atoms with Crippen LogP contribution in [0.4, 0.5) is 0 Å². The molecule has 0 saturated heterocycles. The van der Waals surface area contributed by atoms with Crippen LogP contribution < -0.4 is 4.89 Å². The van der Waals surface area contributed by atoms with Crippen molar-refractivity contribution in [2.24, 2.45) is 0 Å². The Morgan fingerprint density at radius 2 is 1.27 bits per heavy atom. The van der Waals surface area contributed by atoms with Crippen molar-refractivity contribution in [1.29, 1.82) is 0 Å². The van der Waals surface area contributed by atoms with Gasteiger partial charge in [0.1, 0.15) is 12.6 Å². The molecule has 1 N–H and O–H groups in total. The van der Waals surface area contributed by atoms with Crippen LogP contribution in [0.2, 0.25) is 0 Å². The molecular formula is C24H50NO4P. The summed E-state index contributed by atoms with van der Waals surface area (Å²) < 4.78 is 16.5. The number of allylic oxidation sites excluding steroid dienone is 2. The first kappa shape index (κ1) is 29.8. The number of nitrogens with zero attached hydrogens (tertiary/aromatic N) is 1. The van der Waals surface area contributed by atoms with Crippen molar-refractivity contribution in [3.8, 4) is 0 Å². The van der Waals surface area contributed by atoms with Gasteiger partial charge in [-0.3, -0.25) is 4.57 Å². The maximum Gasteiger partial charge on any atom is 0.265 e. The topological polar surface area (TPSA) is 69.6 Å². The van der Waals surface area contributed by atoms with E-state index in [2.05, 4.69) is 19.1 Å². The Kier molecular flexibility index (Phi) is 18.3. The second-order valence-corrected chi connectivity index (χ2v) is 10.9.